The molecular weight excluding hydrogens is 234 g/mol. The lowest BCUT2D eigenvalue weighted by Crippen LogP contribution is -2.59. The molecule has 8 heteroatoms. The summed E-state index contributed by atoms with van der Waals surface area (Å²) in [4.78, 5) is 22.4. The van der Waals surface area contributed by atoms with Gasteiger partial charge in [0.05, 0.1) is 12.3 Å². The number of piperazine rings is 1. The molecule has 92 valence electrons. The van der Waals surface area contributed by atoms with Crippen LogP contribution in [-0.2, 0) is 19.6 Å². The van der Waals surface area contributed by atoms with Crippen molar-refractivity contribution in [3.8, 4) is 0 Å². The number of carbonyl (C=O) groups excluding carboxylic acids is 2. The van der Waals surface area contributed by atoms with Crippen LogP contribution in [0.25, 0.3) is 0 Å². The van der Waals surface area contributed by atoms with Crippen LogP contribution in [-0.4, -0.2) is 56.5 Å². The average molecular weight is 249 g/mol. The first-order valence-electron chi connectivity index (χ1n) is 4.86. The average Bonchev–Trinajstić information content (AvgIpc) is 2.20. The first kappa shape index (κ1) is 13.1. The summed E-state index contributed by atoms with van der Waals surface area (Å²) in [6.45, 7) is 1.44. The van der Waals surface area contributed by atoms with E-state index in [9.17, 15) is 18.0 Å². The van der Waals surface area contributed by atoms with Gasteiger partial charge in [0, 0.05) is 6.54 Å². The van der Waals surface area contributed by atoms with Crippen LogP contribution in [0.15, 0.2) is 0 Å². The summed E-state index contributed by atoms with van der Waals surface area (Å²) < 4.78 is 24.5. The van der Waals surface area contributed by atoms with E-state index in [1.807, 2.05) is 0 Å². The molecule has 1 fully saturated rings. The highest BCUT2D eigenvalue weighted by molar-refractivity contribution is 7.89. The van der Waals surface area contributed by atoms with Gasteiger partial charge in [0.1, 0.15) is 6.04 Å². The van der Waals surface area contributed by atoms with Crippen molar-refractivity contribution in [3.05, 3.63) is 0 Å². The van der Waals surface area contributed by atoms with Gasteiger partial charge in [-0.1, -0.05) is 0 Å². The van der Waals surface area contributed by atoms with Crippen molar-refractivity contribution in [2.45, 2.75) is 13.0 Å². The van der Waals surface area contributed by atoms with Gasteiger partial charge in [-0.05, 0) is 14.0 Å². The summed E-state index contributed by atoms with van der Waals surface area (Å²) in [5, 5.41) is 4.80. The first-order chi connectivity index (χ1) is 7.38. The van der Waals surface area contributed by atoms with Gasteiger partial charge in [0.25, 0.3) is 0 Å². The van der Waals surface area contributed by atoms with Gasteiger partial charge in [0.2, 0.25) is 21.8 Å². The highest BCUT2D eigenvalue weighted by Gasteiger charge is 2.37. The van der Waals surface area contributed by atoms with Gasteiger partial charge < -0.3 is 5.32 Å². The van der Waals surface area contributed by atoms with E-state index in [-0.39, 0.29) is 18.8 Å². The lowest BCUT2D eigenvalue weighted by Gasteiger charge is -2.30. The summed E-state index contributed by atoms with van der Waals surface area (Å²) in [6, 6.07) is -0.834. The van der Waals surface area contributed by atoms with Crippen LogP contribution in [0.2, 0.25) is 0 Å². The maximum atomic E-state index is 11.8. The fourth-order valence-electron chi connectivity index (χ4n) is 1.38. The third-order valence-electron chi connectivity index (χ3n) is 2.34. The standard InChI is InChI=1S/C8H15N3O4S/c1-6-8(13)10-7(12)5-11(6)16(14,15)4-3-9-2/h6,9H,3-5H2,1-2H3,(H,10,12,13). The smallest absolute Gasteiger partial charge is 0.244 e. The highest BCUT2D eigenvalue weighted by atomic mass is 32.2. The van der Waals surface area contributed by atoms with E-state index in [1.165, 1.54) is 6.92 Å². The van der Waals surface area contributed by atoms with Gasteiger partial charge in [-0.2, -0.15) is 4.31 Å². The Hall–Kier alpha value is -0.990. The zero-order chi connectivity index (χ0) is 12.3. The number of rotatable bonds is 4. The molecule has 2 N–H and O–H groups in total. The molecular formula is C8H15N3O4S. The van der Waals surface area contributed by atoms with Crippen LogP contribution < -0.4 is 10.6 Å². The van der Waals surface area contributed by atoms with Crippen molar-refractivity contribution in [1.82, 2.24) is 14.9 Å². The van der Waals surface area contributed by atoms with Crippen LogP contribution in [0.4, 0.5) is 0 Å². The van der Waals surface area contributed by atoms with Crippen molar-refractivity contribution < 1.29 is 18.0 Å². The molecule has 0 radical (unpaired) electrons. The molecule has 16 heavy (non-hydrogen) atoms. The topological polar surface area (TPSA) is 95.6 Å². The van der Waals surface area contributed by atoms with Crippen molar-refractivity contribution in [2.75, 3.05) is 25.9 Å². The molecule has 1 rings (SSSR count). The molecule has 0 saturated carbocycles. The van der Waals surface area contributed by atoms with Crippen molar-refractivity contribution in [3.63, 3.8) is 0 Å². The number of hydrogen-bond acceptors (Lipinski definition) is 5. The SMILES string of the molecule is CNCCS(=O)(=O)N1CC(=O)NC(=O)C1C. The predicted molar refractivity (Wildman–Crippen MR) is 57.0 cm³/mol. The molecule has 1 heterocycles. The van der Waals surface area contributed by atoms with Gasteiger partial charge in [-0.25, -0.2) is 8.42 Å². The van der Waals surface area contributed by atoms with Crippen LogP contribution in [0, 0.1) is 0 Å². The van der Waals surface area contributed by atoms with Crippen molar-refractivity contribution in [1.29, 1.82) is 0 Å². The molecule has 1 saturated heterocycles. The molecule has 7 nitrogen and oxygen atoms in total. The normalized spacial score (nSPS) is 23.2. The molecule has 0 spiro atoms. The summed E-state index contributed by atoms with van der Waals surface area (Å²) in [7, 11) is -1.94. The second-order valence-corrected chi connectivity index (χ2v) is 5.59. The minimum Gasteiger partial charge on any atom is -0.319 e. The Morgan fingerprint density at radius 1 is 1.50 bits per heavy atom. The van der Waals surface area contributed by atoms with Gasteiger partial charge in [-0.3, -0.25) is 14.9 Å². The summed E-state index contributed by atoms with van der Waals surface area (Å²) in [5.41, 5.74) is 0. The number of sulfonamides is 1. The predicted octanol–water partition coefficient (Wildman–Crippen LogP) is -2.12. The quantitative estimate of drug-likeness (QED) is 0.556. The third kappa shape index (κ3) is 2.77. The third-order valence-corrected chi connectivity index (χ3v) is 4.22. The Labute approximate surface area is 94.2 Å². The molecule has 1 aliphatic heterocycles. The van der Waals surface area contributed by atoms with E-state index in [1.54, 1.807) is 7.05 Å². The number of hydrogen-bond donors (Lipinski definition) is 2. The minimum atomic E-state index is -3.57. The van der Waals surface area contributed by atoms with Crippen LogP contribution >= 0.6 is 0 Å². The van der Waals surface area contributed by atoms with E-state index in [0.29, 0.717) is 0 Å². The van der Waals surface area contributed by atoms with Crippen molar-refractivity contribution >= 4 is 21.8 Å². The Morgan fingerprint density at radius 2 is 2.12 bits per heavy atom. The second-order valence-electron chi connectivity index (χ2n) is 3.55. The highest BCUT2D eigenvalue weighted by Crippen LogP contribution is 2.11. The number of nitrogens with zero attached hydrogens (tertiary/aromatic N) is 1. The molecule has 0 aromatic rings. The van der Waals surface area contributed by atoms with Gasteiger partial charge in [-0.15, -0.1) is 0 Å². The molecule has 0 aliphatic carbocycles. The van der Waals surface area contributed by atoms with Crippen molar-refractivity contribution in [2.24, 2.45) is 0 Å². The summed E-state index contributed by atoms with van der Waals surface area (Å²) in [6.07, 6.45) is 0. The number of imide groups is 1. The lowest BCUT2D eigenvalue weighted by atomic mass is 10.2. The Kier molecular flexibility index (Phi) is 4.00. The molecule has 2 amide bonds. The van der Waals surface area contributed by atoms with E-state index in [2.05, 4.69) is 10.6 Å². The molecule has 0 aromatic heterocycles. The maximum absolute atomic E-state index is 11.8. The van der Waals surface area contributed by atoms with Crippen LogP contribution in [0.1, 0.15) is 6.92 Å². The number of carbonyl (C=O) groups is 2. The number of amides is 2. The Balaban J connectivity index is 2.85. The molecule has 1 unspecified atom stereocenters. The fraction of sp³-hybridized carbons (Fsp3) is 0.750. The lowest BCUT2D eigenvalue weighted by molar-refractivity contribution is -0.136. The molecule has 0 bridgehead atoms. The second kappa shape index (κ2) is 4.89. The van der Waals surface area contributed by atoms with Gasteiger partial charge >= 0.3 is 0 Å². The maximum Gasteiger partial charge on any atom is 0.244 e. The monoisotopic (exact) mass is 249 g/mol. The Morgan fingerprint density at radius 3 is 2.69 bits per heavy atom. The van der Waals surface area contributed by atoms with Crippen LogP contribution in [0.5, 0.6) is 0 Å². The largest absolute Gasteiger partial charge is 0.319 e. The fourth-order valence-corrected chi connectivity index (χ4v) is 2.97. The van der Waals surface area contributed by atoms with E-state index >= 15 is 0 Å². The minimum absolute atomic E-state index is 0.131. The number of nitrogens with one attached hydrogen (secondary N) is 2. The first-order valence-corrected chi connectivity index (χ1v) is 6.47. The zero-order valence-electron chi connectivity index (χ0n) is 9.19. The summed E-state index contributed by atoms with van der Waals surface area (Å²) in [5.74, 6) is -1.30. The molecule has 1 aliphatic rings. The van der Waals surface area contributed by atoms with Gasteiger partial charge in [0.15, 0.2) is 0 Å². The Bertz CT molecular complexity index is 392. The zero-order valence-corrected chi connectivity index (χ0v) is 10.0. The molecule has 1 atom stereocenters. The van der Waals surface area contributed by atoms with E-state index < -0.39 is 27.9 Å². The summed E-state index contributed by atoms with van der Waals surface area (Å²) >= 11 is 0. The van der Waals surface area contributed by atoms with E-state index in [4.69, 9.17) is 0 Å². The van der Waals surface area contributed by atoms with Crippen LogP contribution in [0.3, 0.4) is 0 Å². The molecule has 0 aromatic carbocycles. The van der Waals surface area contributed by atoms with E-state index in [0.717, 1.165) is 4.31 Å².